The van der Waals surface area contributed by atoms with Crippen molar-refractivity contribution in [3.05, 3.63) is 22.2 Å². The second kappa shape index (κ2) is 7.15. The van der Waals surface area contributed by atoms with Gasteiger partial charge < -0.3 is 14.8 Å². The molecule has 19 heavy (non-hydrogen) atoms. The zero-order chi connectivity index (χ0) is 14.5. The largest absolute Gasteiger partial charge is 0.495 e. The number of halogens is 1. The molecule has 0 aliphatic heterocycles. The van der Waals surface area contributed by atoms with Gasteiger partial charge in [-0.3, -0.25) is 0 Å². The van der Waals surface area contributed by atoms with E-state index < -0.39 is 0 Å². The van der Waals surface area contributed by atoms with Crippen LogP contribution in [0.5, 0.6) is 11.5 Å². The topological polar surface area (TPSA) is 30.5 Å². The number of methoxy groups -OCH3 is 2. The van der Waals surface area contributed by atoms with Gasteiger partial charge in [-0.05, 0) is 67.7 Å². The molecule has 0 radical (unpaired) electrons. The third-order valence-corrected chi connectivity index (χ3v) is 3.60. The van der Waals surface area contributed by atoms with Crippen molar-refractivity contribution in [1.82, 2.24) is 5.32 Å². The van der Waals surface area contributed by atoms with Gasteiger partial charge in [-0.15, -0.1) is 0 Å². The van der Waals surface area contributed by atoms with E-state index >= 15 is 0 Å². The molecule has 0 aliphatic rings. The summed E-state index contributed by atoms with van der Waals surface area (Å²) >= 11 is 3.53. The maximum absolute atomic E-state index is 5.47. The normalized spacial score (nSPS) is 11.5. The summed E-state index contributed by atoms with van der Waals surface area (Å²) in [6.45, 7) is 7.53. The molecule has 3 nitrogen and oxygen atoms in total. The van der Waals surface area contributed by atoms with Gasteiger partial charge in [-0.2, -0.15) is 0 Å². The zero-order valence-electron chi connectivity index (χ0n) is 12.5. The molecule has 1 rings (SSSR count). The standard InChI is InChI=1S/C15H24BrNO2/c1-15(2,3)17-10-6-7-11-8-9-12(18-4)13(16)14(11)19-5/h8-9,17H,6-7,10H2,1-5H3. The van der Waals surface area contributed by atoms with E-state index in [1.165, 1.54) is 5.56 Å². The molecular weight excluding hydrogens is 306 g/mol. The van der Waals surface area contributed by atoms with Crippen LogP contribution in [0, 0.1) is 0 Å². The van der Waals surface area contributed by atoms with Gasteiger partial charge in [0.1, 0.15) is 16.0 Å². The van der Waals surface area contributed by atoms with E-state index in [0.717, 1.165) is 35.4 Å². The maximum Gasteiger partial charge on any atom is 0.139 e. The number of rotatable bonds is 6. The van der Waals surface area contributed by atoms with Gasteiger partial charge in [0, 0.05) is 5.54 Å². The second-order valence-corrected chi connectivity index (χ2v) is 6.35. The molecule has 108 valence electrons. The Labute approximate surface area is 124 Å². The van der Waals surface area contributed by atoms with Crippen molar-refractivity contribution in [3.63, 3.8) is 0 Å². The first-order chi connectivity index (χ1) is 8.89. The van der Waals surface area contributed by atoms with Gasteiger partial charge >= 0.3 is 0 Å². The van der Waals surface area contributed by atoms with Crippen molar-refractivity contribution in [1.29, 1.82) is 0 Å². The van der Waals surface area contributed by atoms with Crippen LogP contribution in [0.4, 0.5) is 0 Å². The van der Waals surface area contributed by atoms with Crippen LogP contribution in [0.1, 0.15) is 32.8 Å². The predicted molar refractivity (Wildman–Crippen MR) is 83.3 cm³/mol. The van der Waals surface area contributed by atoms with Crippen molar-refractivity contribution < 1.29 is 9.47 Å². The number of benzene rings is 1. The Hall–Kier alpha value is -0.740. The van der Waals surface area contributed by atoms with Crippen molar-refractivity contribution >= 4 is 15.9 Å². The summed E-state index contributed by atoms with van der Waals surface area (Å²) in [6.07, 6.45) is 2.06. The number of hydrogen-bond donors (Lipinski definition) is 1. The fraction of sp³-hybridized carbons (Fsp3) is 0.600. The third kappa shape index (κ3) is 5.03. The molecule has 0 unspecified atom stereocenters. The van der Waals surface area contributed by atoms with Gasteiger partial charge in [-0.1, -0.05) is 6.07 Å². The molecule has 1 N–H and O–H groups in total. The molecule has 0 bridgehead atoms. The quantitative estimate of drug-likeness (QED) is 0.805. The average Bonchev–Trinajstić information content (AvgIpc) is 2.33. The van der Waals surface area contributed by atoms with Crippen LogP contribution in [0.3, 0.4) is 0 Å². The predicted octanol–water partition coefficient (Wildman–Crippen LogP) is 3.79. The smallest absolute Gasteiger partial charge is 0.139 e. The highest BCUT2D eigenvalue weighted by Gasteiger charge is 2.13. The maximum atomic E-state index is 5.47. The van der Waals surface area contributed by atoms with E-state index in [2.05, 4.69) is 48.1 Å². The van der Waals surface area contributed by atoms with Gasteiger partial charge in [0.05, 0.1) is 14.2 Å². The Kier molecular flexibility index (Phi) is 6.14. The summed E-state index contributed by atoms with van der Waals surface area (Å²) in [4.78, 5) is 0. The molecule has 0 heterocycles. The van der Waals surface area contributed by atoms with E-state index in [1.807, 2.05) is 6.07 Å². The van der Waals surface area contributed by atoms with E-state index in [1.54, 1.807) is 14.2 Å². The fourth-order valence-corrected chi connectivity index (χ4v) is 2.61. The Bertz CT molecular complexity index is 413. The molecule has 0 saturated heterocycles. The van der Waals surface area contributed by atoms with E-state index in [4.69, 9.17) is 9.47 Å². The summed E-state index contributed by atoms with van der Waals surface area (Å²) < 4.78 is 11.6. The monoisotopic (exact) mass is 329 g/mol. The Balaban J connectivity index is 2.66. The van der Waals surface area contributed by atoms with Crippen molar-refractivity contribution in [2.24, 2.45) is 0 Å². The lowest BCUT2D eigenvalue weighted by Crippen LogP contribution is -2.36. The van der Waals surface area contributed by atoms with Crippen LogP contribution < -0.4 is 14.8 Å². The molecular formula is C15H24BrNO2. The molecule has 1 aromatic carbocycles. The Morgan fingerprint density at radius 1 is 1.16 bits per heavy atom. The van der Waals surface area contributed by atoms with Crippen LogP contribution in [-0.2, 0) is 6.42 Å². The average molecular weight is 330 g/mol. The molecule has 0 saturated carbocycles. The Morgan fingerprint density at radius 2 is 1.84 bits per heavy atom. The molecule has 0 aliphatic carbocycles. The molecule has 0 fully saturated rings. The highest BCUT2D eigenvalue weighted by atomic mass is 79.9. The van der Waals surface area contributed by atoms with Crippen LogP contribution in [-0.4, -0.2) is 26.3 Å². The Morgan fingerprint density at radius 3 is 2.37 bits per heavy atom. The molecule has 1 aromatic rings. The van der Waals surface area contributed by atoms with Crippen LogP contribution >= 0.6 is 15.9 Å². The number of ether oxygens (including phenoxy) is 2. The summed E-state index contributed by atoms with van der Waals surface area (Å²) in [5, 5.41) is 3.49. The molecule has 0 amide bonds. The summed E-state index contributed by atoms with van der Waals surface area (Å²) in [6, 6.07) is 4.04. The highest BCUT2D eigenvalue weighted by Crippen LogP contribution is 2.37. The fourth-order valence-electron chi connectivity index (χ4n) is 1.90. The van der Waals surface area contributed by atoms with E-state index in [-0.39, 0.29) is 5.54 Å². The van der Waals surface area contributed by atoms with Gasteiger partial charge in [0.25, 0.3) is 0 Å². The summed E-state index contributed by atoms with van der Waals surface area (Å²) in [5.41, 5.74) is 1.37. The number of nitrogens with one attached hydrogen (secondary N) is 1. The zero-order valence-corrected chi connectivity index (χ0v) is 14.1. The first-order valence-corrected chi connectivity index (χ1v) is 7.32. The van der Waals surface area contributed by atoms with Crippen molar-refractivity contribution in [2.75, 3.05) is 20.8 Å². The van der Waals surface area contributed by atoms with Gasteiger partial charge in [0.15, 0.2) is 0 Å². The van der Waals surface area contributed by atoms with Crippen molar-refractivity contribution in [2.45, 2.75) is 39.2 Å². The summed E-state index contributed by atoms with van der Waals surface area (Å²) in [7, 11) is 3.35. The molecule has 0 spiro atoms. The minimum Gasteiger partial charge on any atom is -0.495 e. The molecule has 4 heteroatoms. The van der Waals surface area contributed by atoms with Crippen LogP contribution in [0.25, 0.3) is 0 Å². The summed E-state index contributed by atoms with van der Waals surface area (Å²) in [5.74, 6) is 1.67. The highest BCUT2D eigenvalue weighted by molar-refractivity contribution is 9.10. The number of hydrogen-bond acceptors (Lipinski definition) is 3. The van der Waals surface area contributed by atoms with E-state index in [9.17, 15) is 0 Å². The van der Waals surface area contributed by atoms with Crippen LogP contribution in [0.15, 0.2) is 16.6 Å². The lowest BCUT2D eigenvalue weighted by atomic mass is 10.1. The van der Waals surface area contributed by atoms with E-state index in [0.29, 0.717) is 0 Å². The SMILES string of the molecule is COc1ccc(CCCNC(C)(C)C)c(OC)c1Br. The third-order valence-electron chi connectivity index (χ3n) is 2.85. The van der Waals surface area contributed by atoms with Gasteiger partial charge in [-0.25, -0.2) is 0 Å². The minimum absolute atomic E-state index is 0.171. The van der Waals surface area contributed by atoms with Crippen molar-refractivity contribution in [3.8, 4) is 11.5 Å². The van der Waals surface area contributed by atoms with Gasteiger partial charge in [0.2, 0.25) is 0 Å². The molecule has 0 aromatic heterocycles. The number of aryl methyl sites for hydroxylation is 1. The first-order valence-electron chi connectivity index (χ1n) is 6.53. The van der Waals surface area contributed by atoms with Crippen LogP contribution in [0.2, 0.25) is 0 Å². The minimum atomic E-state index is 0.171. The lowest BCUT2D eigenvalue weighted by Gasteiger charge is -2.20. The molecule has 0 atom stereocenters. The second-order valence-electron chi connectivity index (χ2n) is 5.55. The first kappa shape index (κ1) is 16.3. The lowest BCUT2D eigenvalue weighted by molar-refractivity contribution is 0.384.